The molecule has 2 unspecified atom stereocenters. The average Bonchev–Trinajstić information content (AvgIpc) is 3.37. The molecule has 2 heteroatoms. The minimum absolute atomic E-state index is 0.129. The van der Waals surface area contributed by atoms with E-state index in [1.165, 1.54) is 55.8 Å². The molecule has 0 aliphatic carbocycles. The van der Waals surface area contributed by atoms with Gasteiger partial charge in [-0.1, -0.05) is 115 Å². The van der Waals surface area contributed by atoms with Crippen LogP contribution in [0.2, 0.25) is 0 Å². The Morgan fingerprint density at radius 1 is 0.651 bits per heavy atom. The van der Waals surface area contributed by atoms with Crippen LogP contribution in [0.1, 0.15) is 36.1 Å². The monoisotopic (exact) mass is 559 g/mol. The molecule has 0 N–H and O–H groups in total. The third-order valence-electron chi connectivity index (χ3n) is 9.85. The molecule has 0 fully saturated rings. The van der Waals surface area contributed by atoms with E-state index in [-0.39, 0.29) is 10.8 Å². The van der Waals surface area contributed by atoms with Crippen molar-refractivity contribution in [1.82, 2.24) is 0 Å². The number of benzene rings is 5. The molecule has 2 nitrogen and oxygen atoms in total. The molecule has 0 saturated carbocycles. The van der Waals surface area contributed by atoms with Crippen LogP contribution in [-0.4, -0.2) is 24.4 Å². The molecule has 2 atom stereocenters. The van der Waals surface area contributed by atoms with Gasteiger partial charge in [-0.15, -0.1) is 0 Å². The first-order valence-electron chi connectivity index (χ1n) is 15.3. The van der Waals surface area contributed by atoms with Gasteiger partial charge in [0.25, 0.3) is 0 Å². The molecule has 0 saturated heterocycles. The van der Waals surface area contributed by atoms with E-state index in [1.807, 2.05) is 0 Å². The highest BCUT2D eigenvalue weighted by Crippen LogP contribution is 2.49. The first-order chi connectivity index (χ1) is 20.9. The van der Waals surface area contributed by atoms with Gasteiger partial charge in [0, 0.05) is 35.5 Å². The molecule has 0 spiro atoms. The minimum Gasteiger partial charge on any atom is -0.347 e. The Balaban J connectivity index is 1.34. The zero-order valence-corrected chi connectivity index (χ0v) is 25.6. The van der Waals surface area contributed by atoms with Crippen molar-refractivity contribution in [2.45, 2.75) is 37.5 Å². The van der Waals surface area contributed by atoms with E-state index in [4.69, 9.17) is 0 Å². The number of allylic oxidation sites excluding steroid dienone is 4. The zero-order chi connectivity index (χ0) is 29.6. The molecule has 0 amide bonds. The van der Waals surface area contributed by atoms with Crippen LogP contribution in [0.15, 0.2) is 145 Å². The predicted octanol–water partition coefficient (Wildman–Crippen LogP) is 9.16. The highest BCUT2D eigenvalue weighted by Gasteiger charge is 2.47. The van der Waals surface area contributed by atoms with E-state index in [0.29, 0.717) is 0 Å². The molecule has 5 aromatic rings. The van der Waals surface area contributed by atoms with Crippen molar-refractivity contribution in [3.63, 3.8) is 0 Å². The molecule has 2 aliphatic rings. The number of fused-ring (bicyclic) bond motifs is 4. The molecule has 7 rings (SSSR count). The van der Waals surface area contributed by atoms with Gasteiger partial charge in [-0.3, -0.25) is 0 Å². The first kappa shape index (κ1) is 27.2. The summed E-state index contributed by atoms with van der Waals surface area (Å²) in [4.78, 5) is 2.39. The predicted molar refractivity (Wildman–Crippen MR) is 182 cm³/mol. The topological polar surface area (TPSA) is 6.25 Å². The van der Waals surface area contributed by atoms with Crippen LogP contribution < -0.4 is 4.90 Å². The van der Waals surface area contributed by atoms with Gasteiger partial charge in [0.15, 0.2) is 5.71 Å². The van der Waals surface area contributed by atoms with Crippen molar-refractivity contribution >= 4 is 27.9 Å². The summed E-state index contributed by atoms with van der Waals surface area (Å²) in [5, 5.41) is 2.59. The quantitative estimate of drug-likeness (QED) is 0.188. The van der Waals surface area contributed by atoms with Crippen LogP contribution in [0.5, 0.6) is 0 Å². The van der Waals surface area contributed by atoms with Gasteiger partial charge < -0.3 is 4.90 Å². The van der Waals surface area contributed by atoms with Crippen LogP contribution in [-0.2, 0) is 23.7 Å². The molecule has 43 heavy (non-hydrogen) atoms. The molecule has 0 radical (unpaired) electrons. The lowest BCUT2D eigenvalue weighted by Gasteiger charge is -2.29. The number of anilines is 1. The summed E-state index contributed by atoms with van der Waals surface area (Å²) < 4.78 is 2.44. The van der Waals surface area contributed by atoms with Gasteiger partial charge >= 0.3 is 0 Å². The SMILES string of the molecule is CN1C(=CC=CC2=[N+](C)c3c(ccc4ccccc34)C2(C)Cc2ccccc2)C(C)(Cc2ccccc2)c2ccccc21. The molecule has 212 valence electrons. The van der Waals surface area contributed by atoms with Crippen LogP contribution in [0.3, 0.4) is 0 Å². The smallest absolute Gasteiger partial charge is 0.217 e. The normalized spacial score (nSPS) is 22.1. The van der Waals surface area contributed by atoms with Crippen molar-refractivity contribution in [3.8, 4) is 0 Å². The van der Waals surface area contributed by atoms with Crippen molar-refractivity contribution in [3.05, 3.63) is 168 Å². The Labute approximate surface area is 256 Å². The lowest BCUT2D eigenvalue weighted by Crippen LogP contribution is -2.33. The van der Waals surface area contributed by atoms with Gasteiger partial charge in [0.1, 0.15) is 7.05 Å². The van der Waals surface area contributed by atoms with E-state index in [1.54, 1.807) is 0 Å². The fraction of sp³-hybridized carbons (Fsp3) is 0.195. The Hall–Kier alpha value is -4.69. The van der Waals surface area contributed by atoms with Crippen LogP contribution >= 0.6 is 0 Å². The van der Waals surface area contributed by atoms with E-state index in [2.05, 4.69) is 177 Å². The highest BCUT2D eigenvalue weighted by molar-refractivity contribution is 6.07. The van der Waals surface area contributed by atoms with Crippen molar-refractivity contribution < 1.29 is 4.58 Å². The maximum absolute atomic E-state index is 2.44. The minimum atomic E-state index is -0.164. The number of likely N-dealkylation sites (N-methyl/N-ethyl adjacent to an activating group) is 1. The Morgan fingerprint density at radius 2 is 1.26 bits per heavy atom. The van der Waals surface area contributed by atoms with Gasteiger partial charge in [-0.25, -0.2) is 0 Å². The summed E-state index contributed by atoms with van der Waals surface area (Å²) in [6.45, 7) is 4.82. The summed E-state index contributed by atoms with van der Waals surface area (Å²) in [7, 11) is 4.45. The van der Waals surface area contributed by atoms with Crippen molar-refractivity contribution in [2.24, 2.45) is 0 Å². The second-order valence-electron chi connectivity index (χ2n) is 12.6. The van der Waals surface area contributed by atoms with Crippen molar-refractivity contribution in [2.75, 3.05) is 19.0 Å². The fourth-order valence-electron chi connectivity index (χ4n) is 7.76. The second kappa shape index (κ2) is 10.5. The largest absolute Gasteiger partial charge is 0.347 e. The van der Waals surface area contributed by atoms with E-state index >= 15 is 0 Å². The van der Waals surface area contributed by atoms with Gasteiger partial charge in [0.2, 0.25) is 5.69 Å². The third-order valence-corrected chi connectivity index (χ3v) is 9.85. The van der Waals surface area contributed by atoms with Gasteiger partial charge in [0.05, 0.1) is 10.8 Å². The Kier molecular flexibility index (Phi) is 6.66. The molecule has 0 bridgehead atoms. The van der Waals surface area contributed by atoms with Crippen LogP contribution in [0, 0.1) is 0 Å². The van der Waals surface area contributed by atoms with Crippen LogP contribution in [0.4, 0.5) is 11.4 Å². The maximum atomic E-state index is 2.44. The van der Waals surface area contributed by atoms with E-state index in [0.717, 1.165) is 12.8 Å². The Bertz CT molecular complexity index is 1910. The third kappa shape index (κ3) is 4.44. The molecular weight excluding hydrogens is 520 g/mol. The molecule has 5 aromatic carbocycles. The molecular formula is C41H39N2+. The fourth-order valence-corrected chi connectivity index (χ4v) is 7.76. The average molecular weight is 560 g/mol. The second-order valence-corrected chi connectivity index (χ2v) is 12.6. The summed E-state index contributed by atoms with van der Waals surface area (Å²) in [6.07, 6.45) is 8.91. The first-order valence-corrected chi connectivity index (χ1v) is 15.3. The highest BCUT2D eigenvalue weighted by atomic mass is 15.2. The summed E-state index contributed by atoms with van der Waals surface area (Å²) in [5.41, 5.74) is 10.5. The molecule has 2 aliphatic heterocycles. The summed E-state index contributed by atoms with van der Waals surface area (Å²) in [6, 6.07) is 44.1. The number of rotatable bonds is 6. The Morgan fingerprint density at radius 3 is 1.98 bits per heavy atom. The molecule has 2 heterocycles. The standard InChI is InChI=1S/C41H39N2/c1-40(28-30-16-7-5-8-17-30)34-22-13-14-23-36(34)42(3)37(40)24-15-25-38-41(2,29-31-18-9-6-10-19-31)35-27-26-32-20-11-12-21-33(32)39(35)43(38)4/h5-27H,28-29H2,1-4H3/q+1. The van der Waals surface area contributed by atoms with E-state index < -0.39 is 0 Å². The van der Waals surface area contributed by atoms with Crippen LogP contribution in [0.25, 0.3) is 10.8 Å². The number of para-hydroxylation sites is 1. The maximum Gasteiger partial charge on any atom is 0.217 e. The van der Waals surface area contributed by atoms with Crippen molar-refractivity contribution in [1.29, 1.82) is 0 Å². The number of hydrogen-bond donors (Lipinski definition) is 0. The number of nitrogens with zero attached hydrogens (tertiary/aromatic N) is 2. The summed E-state index contributed by atoms with van der Waals surface area (Å²) in [5.74, 6) is 0. The van der Waals surface area contributed by atoms with Gasteiger partial charge in [-0.05, 0) is 67.0 Å². The lowest BCUT2D eigenvalue weighted by molar-refractivity contribution is -0.399. The molecule has 0 aromatic heterocycles. The zero-order valence-electron chi connectivity index (χ0n) is 25.6. The summed E-state index contributed by atoms with van der Waals surface area (Å²) >= 11 is 0. The van der Waals surface area contributed by atoms with E-state index in [9.17, 15) is 0 Å². The lowest BCUT2D eigenvalue weighted by atomic mass is 9.74. The van der Waals surface area contributed by atoms with Gasteiger partial charge in [-0.2, -0.15) is 4.58 Å². The number of hydrogen-bond acceptors (Lipinski definition) is 1.